The summed E-state index contributed by atoms with van der Waals surface area (Å²) in [6.45, 7) is 4.47. The van der Waals surface area contributed by atoms with Crippen LogP contribution in [0.5, 0.6) is 0 Å². The highest BCUT2D eigenvalue weighted by molar-refractivity contribution is 7.75. The average Bonchev–Trinajstić information content (AvgIpc) is 3.40. The van der Waals surface area contributed by atoms with Crippen LogP contribution in [0.1, 0.15) is 19.4 Å². The number of benzene rings is 4. The fraction of sp³-hybridized carbons (Fsp3) is 0.129. The Morgan fingerprint density at radius 1 is 0.875 bits per heavy atom. The molecule has 0 saturated carbocycles. The number of hydrogen-bond donors (Lipinski definition) is 1. The Kier molecular flexibility index (Phi) is 6.28. The number of fused-ring (bicyclic) bond motifs is 1. The third kappa shape index (κ3) is 4.17. The monoisotopic (exact) mass is 548 g/mol. The average molecular weight is 549 g/mol. The van der Waals surface area contributed by atoms with Gasteiger partial charge in [-0.2, -0.15) is 5.10 Å². The summed E-state index contributed by atoms with van der Waals surface area (Å²) in [4.78, 5) is 13.2. The zero-order valence-corrected chi connectivity index (χ0v) is 23.4. The lowest BCUT2D eigenvalue weighted by Gasteiger charge is -2.35. The van der Waals surface area contributed by atoms with Crippen LogP contribution in [0.3, 0.4) is 0 Å². The van der Waals surface area contributed by atoms with E-state index in [4.69, 9.17) is 9.85 Å². The molecule has 4 aromatic rings. The van der Waals surface area contributed by atoms with Crippen LogP contribution >= 0.6 is 7.36 Å². The minimum Gasteiger partial charge on any atom is -0.346 e. The quantitative estimate of drug-likeness (QED) is 0.153. The molecule has 0 amide bonds. The van der Waals surface area contributed by atoms with Crippen LogP contribution in [0.25, 0.3) is 0 Å². The van der Waals surface area contributed by atoms with Crippen molar-refractivity contribution in [1.29, 1.82) is 0 Å². The summed E-state index contributed by atoms with van der Waals surface area (Å²) in [5.74, 6) is 0. The van der Waals surface area contributed by atoms with Gasteiger partial charge in [0.05, 0.1) is 27.8 Å². The van der Waals surface area contributed by atoms with Gasteiger partial charge in [-0.15, -0.1) is 0 Å². The van der Waals surface area contributed by atoms with Gasteiger partial charge in [0.1, 0.15) is 0 Å². The lowest BCUT2D eigenvalue weighted by atomic mass is 9.84. The summed E-state index contributed by atoms with van der Waals surface area (Å²) in [7, 11) is -0.817. The Bertz CT molecular complexity index is 1700. The molecule has 0 saturated heterocycles. The molecule has 2 aliphatic rings. The first kappa shape index (κ1) is 25.6. The fourth-order valence-corrected chi connectivity index (χ4v) is 8.80. The number of nitro benzene ring substituents is 1. The molecular formula is C31H29N6O2P. The maximum atomic E-state index is 11.4. The number of nitrogens with one attached hydrogen (secondary N) is 1. The van der Waals surface area contributed by atoms with Gasteiger partial charge in [0.2, 0.25) is 7.36 Å². The standard InChI is InChI=1S/C31H29N6O2P/c1-31(2)27-16-10-11-17-28(27)35(3)30(31)29-22-32-36(25-14-8-5-9-15-25)40(29,33-23-12-6-4-7-13-23)34-24-18-20-26(21-19-24)37(38)39/h4-22,33H,1-3H3. The maximum Gasteiger partial charge on any atom is 0.269 e. The van der Waals surface area contributed by atoms with Crippen molar-refractivity contribution in [2.45, 2.75) is 19.3 Å². The first-order valence-electron chi connectivity index (χ1n) is 13.0. The van der Waals surface area contributed by atoms with Crippen LogP contribution < -0.4 is 14.8 Å². The highest BCUT2D eigenvalue weighted by atomic mass is 31.2. The molecule has 0 bridgehead atoms. The summed E-state index contributed by atoms with van der Waals surface area (Å²) < 4.78 is 7.42. The fourth-order valence-electron chi connectivity index (χ4n) is 5.55. The Hall–Kier alpha value is -4.68. The zero-order chi connectivity index (χ0) is 27.9. The summed E-state index contributed by atoms with van der Waals surface area (Å²) in [6, 6.07) is 34.9. The van der Waals surface area contributed by atoms with Gasteiger partial charge in [-0.05, 0) is 48.0 Å². The molecule has 0 radical (unpaired) electrons. The van der Waals surface area contributed by atoms with Crippen molar-refractivity contribution in [3.8, 4) is 0 Å². The molecule has 0 spiro atoms. The number of nitrogens with zero attached hydrogens (tertiary/aromatic N) is 5. The molecule has 1 unspecified atom stereocenters. The third-order valence-electron chi connectivity index (χ3n) is 7.37. The van der Waals surface area contributed by atoms with Gasteiger partial charge in [-0.1, -0.05) is 68.4 Å². The second-order valence-electron chi connectivity index (χ2n) is 10.3. The molecule has 0 aromatic heterocycles. The molecule has 1 N–H and O–H groups in total. The first-order valence-corrected chi connectivity index (χ1v) is 14.7. The third-order valence-corrected chi connectivity index (χ3v) is 10.3. The Labute approximate surface area is 233 Å². The van der Waals surface area contributed by atoms with E-state index >= 15 is 0 Å². The second kappa shape index (κ2) is 9.81. The first-order chi connectivity index (χ1) is 19.3. The molecule has 200 valence electrons. The molecule has 6 rings (SSSR count). The Morgan fingerprint density at radius 3 is 2.15 bits per heavy atom. The normalized spacial score (nSPS) is 20.9. The van der Waals surface area contributed by atoms with E-state index in [1.54, 1.807) is 12.1 Å². The molecule has 2 heterocycles. The SMILES string of the molecule is CN1C(=C2C=NN(c3ccccc3)P2(=Nc2ccc([N+](=O)[O-])cc2)Nc2ccccc2)C(C)(C)c2ccccc21. The van der Waals surface area contributed by atoms with Crippen molar-refractivity contribution < 1.29 is 4.92 Å². The van der Waals surface area contributed by atoms with Crippen LogP contribution in [-0.2, 0) is 5.41 Å². The van der Waals surface area contributed by atoms with Crippen LogP contribution in [0.4, 0.5) is 28.4 Å². The van der Waals surface area contributed by atoms with E-state index in [0.29, 0.717) is 5.69 Å². The van der Waals surface area contributed by atoms with Crippen molar-refractivity contribution in [3.63, 3.8) is 0 Å². The number of nitro groups is 1. The highest BCUT2D eigenvalue weighted by Crippen LogP contribution is 2.68. The molecule has 8 nitrogen and oxygen atoms in total. The topological polar surface area (TPSA) is 86.4 Å². The number of allylic oxidation sites excluding steroid dienone is 2. The summed E-state index contributed by atoms with van der Waals surface area (Å²) in [5, 5.41) is 21.2. The van der Waals surface area contributed by atoms with Gasteiger partial charge >= 0.3 is 0 Å². The van der Waals surface area contributed by atoms with Gasteiger partial charge in [-0.25, -0.2) is 9.52 Å². The highest BCUT2D eigenvalue weighted by Gasteiger charge is 2.47. The van der Waals surface area contributed by atoms with Crippen molar-refractivity contribution in [2.24, 2.45) is 9.85 Å². The lowest BCUT2D eigenvalue weighted by Crippen LogP contribution is -2.27. The number of non-ortho nitro benzene ring substituents is 1. The van der Waals surface area contributed by atoms with E-state index in [2.05, 4.69) is 55.1 Å². The number of anilines is 3. The van der Waals surface area contributed by atoms with Gasteiger partial charge in [0.25, 0.3) is 5.69 Å². The van der Waals surface area contributed by atoms with E-state index < -0.39 is 12.3 Å². The molecule has 2 aliphatic heterocycles. The minimum atomic E-state index is -2.91. The van der Waals surface area contributed by atoms with E-state index in [-0.39, 0.29) is 11.1 Å². The second-order valence-corrected chi connectivity index (χ2v) is 12.7. The van der Waals surface area contributed by atoms with E-state index in [1.807, 2.05) is 71.7 Å². The molecular weight excluding hydrogens is 519 g/mol. The minimum absolute atomic E-state index is 0.0237. The predicted octanol–water partition coefficient (Wildman–Crippen LogP) is 8.51. The number of hydrazone groups is 1. The Balaban J connectivity index is 1.67. The molecule has 0 aliphatic carbocycles. The molecule has 1 atom stereocenters. The number of hydrogen-bond acceptors (Lipinski definition) is 5. The van der Waals surface area contributed by atoms with Crippen molar-refractivity contribution in [2.75, 3.05) is 21.8 Å². The van der Waals surface area contributed by atoms with Crippen LogP contribution in [0, 0.1) is 10.1 Å². The van der Waals surface area contributed by atoms with Crippen LogP contribution in [-0.4, -0.2) is 18.2 Å². The molecule has 9 heteroatoms. The summed E-state index contributed by atoms with van der Waals surface area (Å²) in [6.07, 6.45) is 1.94. The molecule has 40 heavy (non-hydrogen) atoms. The number of para-hydroxylation sites is 3. The van der Waals surface area contributed by atoms with Gasteiger partial charge in [-0.3, -0.25) is 10.1 Å². The van der Waals surface area contributed by atoms with E-state index in [9.17, 15) is 10.1 Å². The van der Waals surface area contributed by atoms with Gasteiger partial charge < -0.3 is 9.99 Å². The largest absolute Gasteiger partial charge is 0.346 e. The van der Waals surface area contributed by atoms with Crippen molar-refractivity contribution in [3.05, 3.63) is 136 Å². The summed E-state index contributed by atoms with van der Waals surface area (Å²) in [5.41, 5.74) is 5.62. The number of likely N-dealkylation sites (N-methyl/N-ethyl adjacent to an activating group) is 1. The van der Waals surface area contributed by atoms with Crippen molar-refractivity contribution in [1.82, 2.24) is 0 Å². The van der Waals surface area contributed by atoms with Gasteiger partial charge in [0.15, 0.2) is 0 Å². The maximum absolute atomic E-state index is 11.4. The lowest BCUT2D eigenvalue weighted by molar-refractivity contribution is -0.384. The molecule has 0 fully saturated rings. The van der Waals surface area contributed by atoms with E-state index in [0.717, 1.165) is 28.1 Å². The van der Waals surface area contributed by atoms with Gasteiger partial charge in [0, 0.05) is 41.7 Å². The molecule has 4 aromatic carbocycles. The van der Waals surface area contributed by atoms with Crippen LogP contribution in [0.15, 0.2) is 130 Å². The smallest absolute Gasteiger partial charge is 0.269 e. The number of rotatable bonds is 5. The zero-order valence-electron chi connectivity index (χ0n) is 22.5. The Morgan fingerprint density at radius 2 is 1.50 bits per heavy atom. The van der Waals surface area contributed by atoms with Crippen LogP contribution in [0.2, 0.25) is 0 Å². The van der Waals surface area contributed by atoms with E-state index in [1.165, 1.54) is 17.7 Å². The predicted molar refractivity (Wildman–Crippen MR) is 164 cm³/mol. The van der Waals surface area contributed by atoms with Crippen molar-refractivity contribution >= 4 is 42.0 Å². The summed E-state index contributed by atoms with van der Waals surface area (Å²) >= 11 is 0.